The number of hydrogen-bond acceptors (Lipinski definition) is 1. The molecule has 16 heavy (non-hydrogen) atoms. The Balaban J connectivity index is 2.13. The van der Waals surface area contributed by atoms with Crippen LogP contribution in [-0.4, -0.2) is 17.7 Å². The van der Waals surface area contributed by atoms with Gasteiger partial charge in [-0.05, 0) is 56.8 Å². The summed E-state index contributed by atoms with van der Waals surface area (Å²) in [5, 5.41) is 3.35. The molecule has 90 valence electrons. The summed E-state index contributed by atoms with van der Waals surface area (Å²) in [7, 11) is 0. The van der Waals surface area contributed by atoms with E-state index >= 15 is 0 Å². The van der Waals surface area contributed by atoms with Gasteiger partial charge >= 0.3 is 0 Å². The molecule has 1 saturated heterocycles. The molecule has 0 spiro atoms. The van der Waals surface area contributed by atoms with Crippen LogP contribution in [-0.2, 0) is 13.0 Å². The van der Waals surface area contributed by atoms with Crippen molar-refractivity contribution in [1.29, 1.82) is 0 Å². The molecular formula is C14H24N2. The van der Waals surface area contributed by atoms with E-state index in [-0.39, 0.29) is 0 Å². The van der Waals surface area contributed by atoms with Crippen LogP contribution in [0.4, 0.5) is 0 Å². The predicted octanol–water partition coefficient (Wildman–Crippen LogP) is 2.52. The minimum atomic E-state index is 0.725. The number of aryl methyl sites for hydroxylation is 1. The SMILES string of the molecule is Cc1cc(CC2CNC2)c(C)n1CC(C)C. The second-order valence-corrected chi connectivity index (χ2v) is 5.63. The Hall–Kier alpha value is -0.760. The third-order valence-corrected chi connectivity index (χ3v) is 3.60. The molecule has 1 fully saturated rings. The molecule has 1 aromatic heterocycles. The van der Waals surface area contributed by atoms with Gasteiger partial charge in [0, 0.05) is 17.9 Å². The van der Waals surface area contributed by atoms with Crippen LogP contribution in [0.3, 0.4) is 0 Å². The monoisotopic (exact) mass is 220 g/mol. The fourth-order valence-electron chi connectivity index (χ4n) is 2.53. The zero-order valence-electron chi connectivity index (χ0n) is 11.0. The fourth-order valence-corrected chi connectivity index (χ4v) is 2.53. The lowest BCUT2D eigenvalue weighted by Crippen LogP contribution is -2.43. The first-order valence-electron chi connectivity index (χ1n) is 6.44. The molecule has 0 unspecified atom stereocenters. The van der Waals surface area contributed by atoms with Gasteiger partial charge in [0.2, 0.25) is 0 Å². The van der Waals surface area contributed by atoms with Crippen LogP contribution >= 0.6 is 0 Å². The Kier molecular flexibility index (Phi) is 3.38. The summed E-state index contributed by atoms with van der Waals surface area (Å²) in [6.07, 6.45) is 1.25. The molecule has 0 aliphatic carbocycles. The lowest BCUT2D eigenvalue weighted by molar-refractivity contribution is 0.346. The third kappa shape index (κ3) is 2.32. The van der Waals surface area contributed by atoms with Gasteiger partial charge in [-0.25, -0.2) is 0 Å². The maximum atomic E-state index is 3.35. The van der Waals surface area contributed by atoms with Crippen molar-refractivity contribution in [2.24, 2.45) is 11.8 Å². The van der Waals surface area contributed by atoms with Crippen LogP contribution in [0.15, 0.2) is 6.07 Å². The quantitative estimate of drug-likeness (QED) is 0.825. The van der Waals surface area contributed by atoms with Gasteiger partial charge in [-0.15, -0.1) is 0 Å². The van der Waals surface area contributed by atoms with Gasteiger partial charge in [0.25, 0.3) is 0 Å². The molecule has 1 N–H and O–H groups in total. The van der Waals surface area contributed by atoms with Crippen molar-refractivity contribution in [2.75, 3.05) is 13.1 Å². The number of nitrogens with one attached hydrogen (secondary N) is 1. The van der Waals surface area contributed by atoms with Gasteiger partial charge in [0.1, 0.15) is 0 Å². The highest BCUT2D eigenvalue weighted by molar-refractivity contribution is 5.27. The molecule has 1 aromatic rings. The molecule has 0 atom stereocenters. The second-order valence-electron chi connectivity index (χ2n) is 5.63. The van der Waals surface area contributed by atoms with Crippen LogP contribution in [0, 0.1) is 25.7 Å². The largest absolute Gasteiger partial charge is 0.349 e. The van der Waals surface area contributed by atoms with Gasteiger partial charge in [-0.2, -0.15) is 0 Å². The molecule has 1 aliphatic heterocycles. The van der Waals surface area contributed by atoms with Gasteiger partial charge in [-0.1, -0.05) is 13.8 Å². The van der Waals surface area contributed by atoms with Gasteiger partial charge < -0.3 is 9.88 Å². The molecule has 0 radical (unpaired) electrons. The Bertz CT molecular complexity index is 359. The summed E-state index contributed by atoms with van der Waals surface area (Å²) in [5.74, 6) is 1.59. The van der Waals surface area contributed by atoms with Crippen LogP contribution in [0.5, 0.6) is 0 Å². The van der Waals surface area contributed by atoms with E-state index in [1.165, 1.54) is 30.9 Å². The van der Waals surface area contributed by atoms with E-state index in [0.29, 0.717) is 0 Å². The summed E-state index contributed by atoms with van der Waals surface area (Å²) in [4.78, 5) is 0. The summed E-state index contributed by atoms with van der Waals surface area (Å²) >= 11 is 0. The highest BCUT2D eigenvalue weighted by atomic mass is 15.0. The van der Waals surface area contributed by atoms with Crippen molar-refractivity contribution in [3.05, 3.63) is 23.0 Å². The Labute approximate surface area is 99.0 Å². The van der Waals surface area contributed by atoms with E-state index in [2.05, 4.69) is 43.6 Å². The molecule has 0 bridgehead atoms. The van der Waals surface area contributed by atoms with E-state index in [0.717, 1.165) is 18.4 Å². The van der Waals surface area contributed by atoms with Crippen LogP contribution in [0.25, 0.3) is 0 Å². The first kappa shape index (κ1) is 11.7. The maximum absolute atomic E-state index is 3.35. The highest BCUT2D eigenvalue weighted by Gasteiger charge is 2.19. The predicted molar refractivity (Wildman–Crippen MR) is 68.8 cm³/mol. The van der Waals surface area contributed by atoms with Crippen LogP contribution in [0.1, 0.15) is 30.8 Å². The topological polar surface area (TPSA) is 17.0 Å². The normalized spacial score (nSPS) is 16.8. The first-order chi connectivity index (χ1) is 7.58. The van der Waals surface area contributed by atoms with Crippen LogP contribution in [0.2, 0.25) is 0 Å². The van der Waals surface area contributed by atoms with E-state index in [1.807, 2.05) is 0 Å². The number of aromatic nitrogens is 1. The Morgan fingerprint density at radius 1 is 1.38 bits per heavy atom. The summed E-state index contributed by atoms with van der Waals surface area (Å²) in [6.45, 7) is 12.6. The van der Waals surface area contributed by atoms with Crippen molar-refractivity contribution in [3.8, 4) is 0 Å². The third-order valence-electron chi connectivity index (χ3n) is 3.60. The number of rotatable bonds is 4. The second kappa shape index (κ2) is 4.62. The Morgan fingerprint density at radius 2 is 2.06 bits per heavy atom. The first-order valence-corrected chi connectivity index (χ1v) is 6.44. The molecule has 0 saturated carbocycles. The minimum absolute atomic E-state index is 0.725. The number of nitrogens with zero attached hydrogens (tertiary/aromatic N) is 1. The van der Waals surface area contributed by atoms with Gasteiger partial charge in [0.05, 0.1) is 0 Å². The van der Waals surface area contributed by atoms with E-state index in [1.54, 1.807) is 5.56 Å². The molecule has 0 aromatic carbocycles. The smallest absolute Gasteiger partial charge is 0.0247 e. The zero-order valence-corrected chi connectivity index (χ0v) is 11.0. The van der Waals surface area contributed by atoms with Crippen molar-refractivity contribution in [2.45, 2.75) is 40.7 Å². The van der Waals surface area contributed by atoms with E-state index in [9.17, 15) is 0 Å². The van der Waals surface area contributed by atoms with Crippen molar-refractivity contribution < 1.29 is 0 Å². The molecule has 2 heteroatoms. The minimum Gasteiger partial charge on any atom is -0.349 e. The van der Waals surface area contributed by atoms with Gasteiger partial charge in [-0.3, -0.25) is 0 Å². The van der Waals surface area contributed by atoms with Crippen molar-refractivity contribution >= 4 is 0 Å². The lowest BCUT2D eigenvalue weighted by Gasteiger charge is -2.27. The fraction of sp³-hybridized carbons (Fsp3) is 0.714. The molecule has 2 heterocycles. The zero-order chi connectivity index (χ0) is 11.7. The highest BCUT2D eigenvalue weighted by Crippen LogP contribution is 2.21. The van der Waals surface area contributed by atoms with Crippen LogP contribution < -0.4 is 5.32 Å². The molecular weight excluding hydrogens is 196 g/mol. The molecule has 0 amide bonds. The van der Waals surface area contributed by atoms with E-state index < -0.39 is 0 Å². The maximum Gasteiger partial charge on any atom is 0.0247 e. The summed E-state index contributed by atoms with van der Waals surface area (Å²) in [6, 6.07) is 2.38. The lowest BCUT2D eigenvalue weighted by atomic mass is 9.94. The van der Waals surface area contributed by atoms with Gasteiger partial charge in [0.15, 0.2) is 0 Å². The van der Waals surface area contributed by atoms with Crippen molar-refractivity contribution in [3.63, 3.8) is 0 Å². The molecule has 1 aliphatic rings. The molecule has 2 rings (SSSR count). The van der Waals surface area contributed by atoms with E-state index in [4.69, 9.17) is 0 Å². The summed E-state index contributed by atoms with van der Waals surface area (Å²) in [5.41, 5.74) is 4.47. The standard InChI is InChI=1S/C14H24N2/c1-10(2)9-16-11(3)5-14(12(16)4)6-13-7-15-8-13/h5,10,13,15H,6-9H2,1-4H3. The summed E-state index contributed by atoms with van der Waals surface area (Å²) < 4.78 is 2.48. The molecule has 2 nitrogen and oxygen atoms in total. The van der Waals surface area contributed by atoms with Crippen molar-refractivity contribution in [1.82, 2.24) is 9.88 Å². The Morgan fingerprint density at radius 3 is 2.56 bits per heavy atom. The number of hydrogen-bond donors (Lipinski definition) is 1. The average Bonchev–Trinajstić information content (AvgIpc) is 2.39. The average molecular weight is 220 g/mol.